The normalized spacial score (nSPS) is 21.1. The molecule has 0 aromatic carbocycles. The van der Waals surface area contributed by atoms with Crippen LogP contribution < -0.4 is 11.5 Å². The van der Waals surface area contributed by atoms with Crippen molar-refractivity contribution in [3.63, 3.8) is 0 Å². The molecule has 4 N–H and O–H groups in total. The first-order valence-corrected chi connectivity index (χ1v) is 5.06. The number of nitrogens with two attached hydrogens (primary N) is 2. The van der Waals surface area contributed by atoms with Crippen molar-refractivity contribution in [2.45, 2.75) is 26.2 Å². The third-order valence-corrected chi connectivity index (χ3v) is 2.54. The minimum atomic E-state index is -0.0116. The second-order valence-corrected chi connectivity index (χ2v) is 3.87. The van der Waals surface area contributed by atoms with Crippen LogP contribution >= 0.6 is 0 Å². The van der Waals surface area contributed by atoms with Crippen molar-refractivity contribution >= 4 is 12.2 Å². The average Bonchev–Trinajstić information content (AvgIpc) is 2.18. The largest absolute Gasteiger partial charge is 0.369 e. The van der Waals surface area contributed by atoms with E-state index in [1.54, 1.807) is 6.21 Å². The maximum Gasteiger partial charge on any atom is 0.211 e. The maximum absolute atomic E-state index is 5.15. The molecule has 82 valence electrons. The lowest BCUT2D eigenvalue weighted by Gasteiger charge is -2.20. The summed E-state index contributed by atoms with van der Waals surface area (Å²) in [6.07, 6.45) is 7.08. The average molecular weight is 206 g/mol. The molecule has 0 spiro atoms. The second-order valence-electron chi connectivity index (χ2n) is 3.87. The Morgan fingerprint density at radius 1 is 1.60 bits per heavy atom. The highest BCUT2D eigenvalue weighted by molar-refractivity contribution is 5.80. The summed E-state index contributed by atoms with van der Waals surface area (Å²) in [6.45, 7) is 6.05. The molecule has 1 rings (SSSR count). The van der Waals surface area contributed by atoms with Gasteiger partial charge in [-0.05, 0) is 37.7 Å². The Kier molecular flexibility index (Phi) is 4.09. The van der Waals surface area contributed by atoms with E-state index in [-0.39, 0.29) is 5.96 Å². The summed E-state index contributed by atoms with van der Waals surface area (Å²) in [6, 6.07) is 0. The topological polar surface area (TPSA) is 76.8 Å². The van der Waals surface area contributed by atoms with Crippen LogP contribution in [0.4, 0.5) is 0 Å². The van der Waals surface area contributed by atoms with Crippen LogP contribution in [0, 0.1) is 5.92 Å². The third-order valence-electron chi connectivity index (χ3n) is 2.54. The summed E-state index contributed by atoms with van der Waals surface area (Å²) in [4.78, 5) is 0. The fraction of sp³-hybridized carbons (Fsp3) is 0.455. The van der Waals surface area contributed by atoms with E-state index in [9.17, 15) is 0 Å². The predicted octanol–water partition coefficient (Wildman–Crippen LogP) is 1.55. The standard InChI is InChI=1S/C11H18N4/c1-8(2)10-5-3-9(4-6-10)7-14-15-11(12)13/h3,7,10H,1,4-6H2,2H3,(H4,12,13,15). The van der Waals surface area contributed by atoms with E-state index < -0.39 is 0 Å². The van der Waals surface area contributed by atoms with E-state index in [2.05, 4.69) is 29.8 Å². The highest BCUT2D eigenvalue weighted by Crippen LogP contribution is 2.27. The van der Waals surface area contributed by atoms with Crippen molar-refractivity contribution < 1.29 is 0 Å². The summed E-state index contributed by atoms with van der Waals surface area (Å²) in [7, 11) is 0. The van der Waals surface area contributed by atoms with Crippen LogP contribution in [0.15, 0.2) is 34.0 Å². The minimum Gasteiger partial charge on any atom is -0.369 e. The van der Waals surface area contributed by atoms with Gasteiger partial charge in [0.2, 0.25) is 5.96 Å². The fourth-order valence-corrected chi connectivity index (χ4v) is 1.59. The summed E-state index contributed by atoms with van der Waals surface area (Å²) < 4.78 is 0. The molecule has 0 aromatic heterocycles. The Balaban J connectivity index is 2.51. The fourth-order valence-electron chi connectivity index (χ4n) is 1.59. The van der Waals surface area contributed by atoms with E-state index in [0.717, 1.165) is 19.3 Å². The first-order chi connectivity index (χ1) is 7.09. The zero-order chi connectivity index (χ0) is 11.3. The first-order valence-electron chi connectivity index (χ1n) is 5.06. The van der Waals surface area contributed by atoms with Crippen molar-refractivity contribution in [1.82, 2.24) is 0 Å². The van der Waals surface area contributed by atoms with E-state index in [1.807, 2.05) is 0 Å². The second kappa shape index (κ2) is 5.34. The number of guanidine groups is 1. The van der Waals surface area contributed by atoms with E-state index >= 15 is 0 Å². The molecule has 15 heavy (non-hydrogen) atoms. The molecule has 0 aromatic rings. The van der Waals surface area contributed by atoms with Gasteiger partial charge in [-0.2, -0.15) is 5.10 Å². The van der Waals surface area contributed by atoms with Crippen LogP contribution in [0.5, 0.6) is 0 Å². The van der Waals surface area contributed by atoms with Gasteiger partial charge in [0.15, 0.2) is 0 Å². The Hall–Kier alpha value is -1.58. The molecule has 0 bridgehead atoms. The van der Waals surface area contributed by atoms with Gasteiger partial charge in [-0.25, -0.2) is 0 Å². The lowest BCUT2D eigenvalue weighted by molar-refractivity contribution is 0.548. The zero-order valence-corrected chi connectivity index (χ0v) is 9.11. The SMILES string of the molecule is C=C(C)C1CC=C(C=NN=C(N)N)CC1. The molecule has 1 aliphatic rings. The molecule has 0 radical (unpaired) electrons. The molecular weight excluding hydrogens is 188 g/mol. The van der Waals surface area contributed by atoms with Gasteiger partial charge in [0.25, 0.3) is 0 Å². The monoisotopic (exact) mass is 206 g/mol. The van der Waals surface area contributed by atoms with Gasteiger partial charge in [0, 0.05) is 0 Å². The lowest BCUT2D eigenvalue weighted by atomic mass is 9.86. The number of allylic oxidation sites excluding steroid dienone is 3. The van der Waals surface area contributed by atoms with Crippen LogP contribution in [-0.4, -0.2) is 12.2 Å². The zero-order valence-electron chi connectivity index (χ0n) is 9.11. The molecule has 0 fully saturated rings. The Morgan fingerprint density at radius 3 is 2.80 bits per heavy atom. The molecule has 0 amide bonds. The van der Waals surface area contributed by atoms with Crippen LogP contribution in [-0.2, 0) is 0 Å². The Morgan fingerprint density at radius 2 is 2.33 bits per heavy atom. The Bertz CT molecular complexity index is 321. The van der Waals surface area contributed by atoms with Gasteiger partial charge in [-0.1, -0.05) is 18.2 Å². The molecule has 1 aliphatic carbocycles. The van der Waals surface area contributed by atoms with Crippen LogP contribution in [0.25, 0.3) is 0 Å². The Labute approximate surface area is 90.4 Å². The van der Waals surface area contributed by atoms with Gasteiger partial charge < -0.3 is 11.5 Å². The molecule has 1 atom stereocenters. The molecule has 4 nitrogen and oxygen atoms in total. The maximum atomic E-state index is 5.15. The molecule has 0 aliphatic heterocycles. The quantitative estimate of drug-likeness (QED) is 0.318. The van der Waals surface area contributed by atoms with Gasteiger partial charge in [-0.15, -0.1) is 5.10 Å². The number of rotatable bonds is 3. The van der Waals surface area contributed by atoms with Crippen molar-refractivity contribution in [2.24, 2.45) is 27.6 Å². The molecule has 0 saturated carbocycles. The van der Waals surface area contributed by atoms with Gasteiger partial charge in [0.05, 0.1) is 6.21 Å². The van der Waals surface area contributed by atoms with Crippen LogP contribution in [0.1, 0.15) is 26.2 Å². The first kappa shape index (κ1) is 11.5. The van der Waals surface area contributed by atoms with Gasteiger partial charge in [0.1, 0.15) is 0 Å². The smallest absolute Gasteiger partial charge is 0.211 e. The number of hydrogen-bond donors (Lipinski definition) is 2. The van der Waals surface area contributed by atoms with Crippen molar-refractivity contribution in [1.29, 1.82) is 0 Å². The summed E-state index contributed by atoms with van der Waals surface area (Å²) in [5, 5.41) is 7.34. The minimum absolute atomic E-state index is 0.0116. The molecular formula is C11H18N4. The predicted molar refractivity (Wildman–Crippen MR) is 64.5 cm³/mol. The summed E-state index contributed by atoms with van der Waals surface area (Å²) in [5.74, 6) is 0.604. The number of hydrogen-bond acceptors (Lipinski definition) is 2. The van der Waals surface area contributed by atoms with Crippen molar-refractivity contribution in [3.05, 3.63) is 23.8 Å². The highest BCUT2D eigenvalue weighted by atomic mass is 15.3. The molecule has 1 unspecified atom stereocenters. The highest BCUT2D eigenvalue weighted by Gasteiger charge is 2.13. The van der Waals surface area contributed by atoms with Crippen molar-refractivity contribution in [3.8, 4) is 0 Å². The van der Waals surface area contributed by atoms with E-state index in [0.29, 0.717) is 5.92 Å². The van der Waals surface area contributed by atoms with E-state index in [4.69, 9.17) is 11.5 Å². The molecule has 0 heterocycles. The van der Waals surface area contributed by atoms with E-state index in [1.165, 1.54) is 11.1 Å². The van der Waals surface area contributed by atoms with Crippen molar-refractivity contribution in [2.75, 3.05) is 0 Å². The lowest BCUT2D eigenvalue weighted by Crippen LogP contribution is -2.21. The summed E-state index contributed by atoms with van der Waals surface area (Å²) in [5.41, 5.74) is 12.8. The molecule has 0 saturated heterocycles. The van der Waals surface area contributed by atoms with Gasteiger partial charge >= 0.3 is 0 Å². The van der Waals surface area contributed by atoms with Crippen LogP contribution in [0.3, 0.4) is 0 Å². The summed E-state index contributed by atoms with van der Waals surface area (Å²) >= 11 is 0. The van der Waals surface area contributed by atoms with Gasteiger partial charge in [-0.3, -0.25) is 0 Å². The number of nitrogens with zero attached hydrogens (tertiary/aromatic N) is 2. The third kappa shape index (κ3) is 3.97. The van der Waals surface area contributed by atoms with Crippen LogP contribution in [0.2, 0.25) is 0 Å². The molecule has 4 heteroatoms.